The van der Waals surface area contributed by atoms with E-state index in [-0.39, 0.29) is 59.8 Å². The molecular weight excluding hydrogens is 492 g/mol. The molecule has 1 saturated heterocycles. The van der Waals surface area contributed by atoms with Gasteiger partial charge in [0.25, 0.3) is 0 Å². The van der Waals surface area contributed by atoms with Crippen LogP contribution in [0.25, 0.3) is 0 Å². The molecule has 216 valence electrons. The fourth-order valence-corrected chi connectivity index (χ4v) is 9.72. The number of rotatable bonds is 6. The van der Waals surface area contributed by atoms with Crippen LogP contribution in [0.4, 0.5) is 0 Å². The summed E-state index contributed by atoms with van der Waals surface area (Å²) in [5.74, 6) is 1.09. The standard InChI is InChI=1S/C33H48O6/c1-19(2)20(3)37-18-27(36)33-28(38-30(39-33)21-9-7-6-8-10-21)16-25-24-12-11-22-15-23(34)13-14-31(22,4)29(24)26(35)17-32(25,33)5/h13-15,19-21,24-26,28-30,35H,6-12,16-18H2,1-5H3/t20?,24?,25?,26-,28+,29?,30+,31-,32-,33+/m0/s1. The van der Waals surface area contributed by atoms with E-state index in [0.29, 0.717) is 18.3 Å². The Morgan fingerprint density at radius 2 is 1.90 bits per heavy atom. The molecule has 0 aromatic heterocycles. The summed E-state index contributed by atoms with van der Waals surface area (Å²) < 4.78 is 19.9. The Kier molecular flexibility index (Phi) is 7.05. The Hall–Kier alpha value is -1.34. The molecule has 4 saturated carbocycles. The van der Waals surface area contributed by atoms with Crippen LogP contribution in [0.1, 0.15) is 92.4 Å². The molecule has 0 spiro atoms. The molecule has 1 N–H and O–H groups in total. The molecule has 10 atom stereocenters. The summed E-state index contributed by atoms with van der Waals surface area (Å²) in [4.78, 5) is 26.6. The third-order valence-electron chi connectivity index (χ3n) is 12.1. The highest BCUT2D eigenvalue weighted by Crippen LogP contribution is 2.70. The van der Waals surface area contributed by atoms with E-state index >= 15 is 0 Å². The highest BCUT2D eigenvalue weighted by Gasteiger charge is 2.76. The number of aliphatic hydroxyl groups is 1. The number of hydrogen-bond donors (Lipinski definition) is 1. The molecule has 6 rings (SSSR count). The van der Waals surface area contributed by atoms with Gasteiger partial charge < -0.3 is 19.3 Å². The van der Waals surface area contributed by atoms with Gasteiger partial charge in [0.15, 0.2) is 23.5 Å². The zero-order valence-corrected chi connectivity index (χ0v) is 24.5. The van der Waals surface area contributed by atoms with Gasteiger partial charge in [0.05, 0.1) is 18.3 Å². The van der Waals surface area contributed by atoms with E-state index in [1.165, 1.54) is 19.3 Å². The van der Waals surface area contributed by atoms with Crippen molar-refractivity contribution >= 4 is 11.6 Å². The molecule has 6 aliphatic rings. The van der Waals surface area contributed by atoms with Gasteiger partial charge in [-0.3, -0.25) is 9.59 Å². The molecule has 6 heteroatoms. The Morgan fingerprint density at radius 1 is 1.15 bits per heavy atom. The summed E-state index contributed by atoms with van der Waals surface area (Å²) in [6, 6.07) is 0. The Bertz CT molecular complexity index is 1060. The van der Waals surface area contributed by atoms with Gasteiger partial charge >= 0.3 is 0 Å². The van der Waals surface area contributed by atoms with Crippen LogP contribution in [0.15, 0.2) is 23.8 Å². The number of ether oxygens (including phenoxy) is 3. The molecule has 0 bridgehead atoms. The van der Waals surface area contributed by atoms with Crippen molar-refractivity contribution in [2.45, 2.75) is 123 Å². The maximum absolute atomic E-state index is 14.4. The van der Waals surface area contributed by atoms with Crippen LogP contribution in [0.3, 0.4) is 0 Å². The number of allylic oxidation sites excluding steroid dienone is 4. The molecule has 0 aromatic carbocycles. The number of aliphatic hydroxyl groups excluding tert-OH is 1. The maximum Gasteiger partial charge on any atom is 0.193 e. The van der Waals surface area contributed by atoms with Crippen molar-refractivity contribution in [3.8, 4) is 0 Å². The molecule has 39 heavy (non-hydrogen) atoms. The highest BCUT2D eigenvalue weighted by molar-refractivity contribution is 6.01. The SMILES string of the molecule is CC(C)C(C)OCC(=O)[C@@]12O[C@H](C3CCCCC3)O[C@@H]1CC1C3CCC4=CC(=O)C=C[C@]4(C)C3[C@@H](O)C[C@@]12C. The fraction of sp³-hybridized carbons (Fsp3) is 0.818. The van der Waals surface area contributed by atoms with Crippen molar-refractivity contribution in [1.82, 2.24) is 0 Å². The van der Waals surface area contributed by atoms with Crippen LogP contribution >= 0.6 is 0 Å². The van der Waals surface area contributed by atoms with Gasteiger partial charge in [-0.1, -0.05) is 58.6 Å². The average Bonchev–Trinajstić information content (AvgIpc) is 3.41. The first-order valence-electron chi connectivity index (χ1n) is 15.6. The van der Waals surface area contributed by atoms with Crippen molar-refractivity contribution in [2.24, 2.45) is 40.4 Å². The van der Waals surface area contributed by atoms with Gasteiger partial charge in [0.2, 0.25) is 0 Å². The number of carbonyl (C=O) groups is 2. The molecule has 6 nitrogen and oxygen atoms in total. The van der Waals surface area contributed by atoms with Gasteiger partial charge in [0, 0.05) is 22.7 Å². The summed E-state index contributed by atoms with van der Waals surface area (Å²) in [6.07, 6.45) is 13.0. The van der Waals surface area contributed by atoms with Crippen molar-refractivity contribution in [3.05, 3.63) is 23.8 Å². The second-order valence-corrected chi connectivity index (χ2v) is 14.4. The van der Waals surface area contributed by atoms with Crippen LogP contribution < -0.4 is 0 Å². The quantitative estimate of drug-likeness (QED) is 0.475. The summed E-state index contributed by atoms with van der Waals surface area (Å²) >= 11 is 0. The summed E-state index contributed by atoms with van der Waals surface area (Å²) in [5, 5.41) is 11.9. The summed E-state index contributed by atoms with van der Waals surface area (Å²) in [6.45, 7) is 10.6. The van der Waals surface area contributed by atoms with Crippen molar-refractivity contribution in [3.63, 3.8) is 0 Å². The lowest BCUT2D eigenvalue weighted by Gasteiger charge is -2.59. The molecule has 0 aromatic rings. The summed E-state index contributed by atoms with van der Waals surface area (Å²) in [5.41, 5.74) is -0.842. The number of carbonyl (C=O) groups excluding carboxylic acids is 2. The number of hydrogen-bond acceptors (Lipinski definition) is 6. The van der Waals surface area contributed by atoms with Crippen LogP contribution in [0.2, 0.25) is 0 Å². The fourth-order valence-electron chi connectivity index (χ4n) is 9.72. The zero-order chi connectivity index (χ0) is 27.7. The lowest BCUT2D eigenvalue weighted by molar-refractivity contribution is -0.210. The van der Waals surface area contributed by atoms with E-state index in [4.69, 9.17) is 14.2 Å². The lowest BCUT2D eigenvalue weighted by Crippen LogP contribution is -2.63. The smallest absolute Gasteiger partial charge is 0.193 e. The monoisotopic (exact) mass is 540 g/mol. The molecule has 1 heterocycles. The number of ketones is 2. The van der Waals surface area contributed by atoms with Crippen molar-refractivity contribution in [2.75, 3.05) is 6.61 Å². The molecule has 1 aliphatic heterocycles. The van der Waals surface area contributed by atoms with E-state index in [2.05, 4.69) is 27.7 Å². The Morgan fingerprint density at radius 3 is 2.62 bits per heavy atom. The first kappa shape index (κ1) is 27.8. The second kappa shape index (κ2) is 9.89. The predicted molar refractivity (Wildman–Crippen MR) is 148 cm³/mol. The minimum Gasteiger partial charge on any atom is -0.393 e. The molecule has 5 fully saturated rings. The minimum absolute atomic E-state index is 0.0114. The van der Waals surface area contributed by atoms with E-state index in [0.717, 1.165) is 37.7 Å². The van der Waals surface area contributed by atoms with Crippen molar-refractivity contribution < 1.29 is 28.9 Å². The van der Waals surface area contributed by atoms with E-state index in [1.807, 2.05) is 13.0 Å². The van der Waals surface area contributed by atoms with Gasteiger partial charge in [-0.25, -0.2) is 0 Å². The highest BCUT2D eigenvalue weighted by atomic mass is 16.7. The van der Waals surface area contributed by atoms with Crippen LogP contribution in [0, 0.1) is 40.4 Å². The summed E-state index contributed by atoms with van der Waals surface area (Å²) in [7, 11) is 0. The Balaban J connectivity index is 1.35. The first-order chi connectivity index (χ1) is 18.5. The topological polar surface area (TPSA) is 82.1 Å². The molecule has 0 radical (unpaired) electrons. The molecular formula is C33H48O6. The normalized spacial score (nSPS) is 46.3. The minimum atomic E-state index is -1.10. The average molecular weight is 541 g/mol. The van der Waals surface area contributed by atoms with E-state index in [9.17, 15) is 14.7 Å². The van der Waals surface area contributed by atoms with Gasteiger partial charge in [-0.05, 0) is 75.4 Å². The van der Waals surface area contributed by atoms with Crippen LogP contribution in [-0.2, 0) is 23.8 Å². The van der Waals surface area contributed by atoms with Crippen LogP contribution in [-0.4, -0.2) is 53.5 Å². The largest absolute Gasteiger partial charge is 0.393 e. The van der Waals surface area contributed by atoms with Crippen molar-refractivity contribution in [1.29, 1.82) is 0 Å². The lowest BCUT2D eigenvalue weighted by atomic mass is 9.46. The number of fused-ring (bicyclic) bond motifs is 7. The molecule has 0 amide bonds. The van der Waals surface area contributed by atoms with E-state index < -0.39 is 17.1 Å². The van der Waals surface area contributed by atoms with Gasteiger partial charge in [0.1, 0.15) is 6.61 Å². The third kappa shape index (κ3) is 4.10. The zero-order valence-electron chi connectivity index (χ0n) is 24.5. The van der Waals surface area contributed by atoms with Gasteiger partial charge in [-0.15, -0.1) is 0 Å². The van der Waals surface area contributed by atoms with E-state index in [1.54, 1.807) is 12.2 Å². The predicted octanol–water partition coefficient (Wildman–Crippen LogP) is 5.57. The second-order valence-electron chi connectivity index (χ2n) is 14.4. The third-order valence-corrected chi connectivity index (χ3v) is 12.1. The van der Waals surface area contributed by atoms with Crippen LogP contribution in [0.5, 0.6) is 0 Å². The Labute approximate surface area is 233 Å². The molecule has 4 unspecified atom stereocenters. The maximum atomic E-state index is 14.4. The molecule has 5 aliphatic carbocycles. The first-order valence-corrected chi connectivity index (χ1v) is 15.6. The number of Topliss-reactive ketones (excluding diaryl/α,β-unsaturated/α-hetero) is 1. The van der Waals surface area contributed by atoms with Gasteiger partial charge in [-0.2, -0.15) is 0 Å².